The van der Waals surface area contributed by atoms with E-state index in [2.05, 4.69) is 20.8 Å². The maximum Gasteiger partial charge on any atom is 0.296 e. The van der Waals surface area contributed by atoms with Gasteiger partial charge >= 0.3 is 0 Å². The lowest BCUT2D eigenvalue weighted by molar-refractivity contribution is 0.188. The number of hydrogen-bond donors (Lipinski definition) is 0. The van der Waals surface area contributed by atoms with E-state index >= 15 is 0 Å². The Hall–Kier alpha value is 0.0249. The maximum atomic E-state index is 5.40. The summed E-state index contributed by atoms with van der Waals surface area (Å²) in [5.41, 5.74) is 0. The predicted octanol–water partition coefficient (Wildman–Crippen LogP) is 1.86. The van der Waals surface area contributed by atoms with Crippen molar-refractivity contribution in [3.63, 3.8) is 0 Å². The Morgan fingerprint density at radius 2 is 2.11 bits per heavy atom. The van der Waals surface area contributed by atoms with Crippen LogP contribution < -0.4 is 0 Å². The maximum absolute atomic E-state index is 5.40. The van der Waals surface area contributed by atoms with Gasteiger partial charge in [0.25, 0.3) is 7.48 Å². The summed E-state index contributed by atoms with van der Waals surface area (Å²) in [6, 6.07) is 0. The minimum atomic E-state index is 0.486. The fourth-order valence-corrected chi connectivity index (χ4v) is 1.28. The summed E-state index contributed by atoms with van der Waals surface area (Å²) in [6.45, 7) is 6.63. The quantitative estimate of drug-likeness (QED) is 0.486. The van der Waals surface area contributed by atoms with Crippen LogP contribution in [0.5, 0.6) is 0 Å². The van der Waals surface area contributed by atoms with Crippen LogP contribution in [0.25, 0.3) is 0 Å². The van der Waals surface area contributed by atoms with Gasteiger partial charge in [-0.2, -0.15) is 0 Å². The standard InChI is InChI=1S/C7H14BO/c1-4-7-5(2)6(3)8-9-7/h5-7H,4H2,1-3H3. The van der Waals surface area contributed by atoms with E-state index in [9.17, 15) is 0 Å². The first-order chi connectivity index (χ1) is 4.25. The summed E-state index contributed by atoms with van der Waals surface area (Å²) in [5, 5.41) is 0. The van der Waals surface area contributed by atoms with Crippen LogP contribution in [-0.2, 0) is 4.65 Å². The zero-order valence-electron chi connectivity index (χ0n) is 6.42. The molecule has 1 saturated heterocycles. The Morgan fingerprint density at radius 1 is 1.44 bits per heavy atom. The van der Waals surface area contributed by atoms with Crippen molar-refractivity contribution in [2.45, 2.75) is 39.1 Å². The van der Waals surface area contributed by atoms with Gasteiger partial charge in [-0.1, -0.05) is 20.8 Å². The molecule has 1 radical (unpaired) electrons. The van der Waals surface area contributed by atoms with Crippen molar-refractivity contribution in [3.8, 4) is 0 Å². The lowest BCUT2D eigenvalue weighted by Gasteiger charge is -2.14. The van der Waals surface area contributed by atoms with Crippen LogP contribution in [-0.4, -0.2) is 13.6 Å². The van der Waals surface area contributed by atoms with Crippen molar-refractivity contribution >= 4 is 7.48 Å². The van der Waals surface area contributed by atoms with Crippen molar-refractivity contribution in [2.24, 2.45) is 5.92 Å². The molecule has 0 N–H and O–H groups in total. The molecule has 9 heavy (non-hydrogen) atoms. The fourth-order valence-electron chi connectivity index (χ4n) is 1.28. The van der Waals surface area contributed by atoms with Gasteiger partial charge in [0.2, 0.25) is 0 Å². The van der Waals surface area contributed by atoms with Gasteiger partial charge in [0.1, 0.15) is 0 Å². The van der Waals surface area contributed by atoms with Crippen molar-refractivity contribution in [2.75, 3.05) is 0 Å². The highest BCUT2D eigenvalue weighted by atomic mass is 16.4. The number of hydrogen-bond acceptors (Lipinski definition) is 1. The second-order valence-corrected chi connectivity index (χ2v) is 2.94. The van der Waals surface area contributed by atoms with E-state index in [0.29, 0.717) is 11.9 Å². The Kier molecular flexibility index (Phi) is 2.17. The van der Waals surface area contributed by atoms with Gasteiger partial charge in [-0.3, -0.25) is 0 Å². The van der Waals surface area contributed by atoms with E-state index in [4.69, 9.17) is 4.65 Å². The highest BCUT2D eigenvalue weighted by molar-refractivity contribution is 6.30. The highest BCUT2D eigenvalue weighted by Crippen LogP contribution is 2.30. The minimum absolute atomic E-state index is 0.486. The summed E-state index contributed by atoms with van der Waals surface area (Å²) < 4.78 is 5.40. The molecule has 51 valence electrons. The smallest absolute Gasteiger partial charge is 0.296 e. The third-order valence-corrected chi connectivity index (χ3v) is 2.29. The summed E-state index contributed by atoms with van der Waals surface area (Å²) >= 11 is 0. The van der Waals surface area contributed by atoms with Crippen molar-refractivity contribution in [3.05, 3.63) is 0 Å². The third kappa shape index (κ3) is 1.29. The van der Waals surface area contributed by atoms with Crippen molar-refractivity contribution in [1.82, 2.24) is 0 Å². The largest absolute Gasteiger partial charge is 0.437 e. The first-order valence-electron chi connectivity index (χ1n) is 3.74. The summed E-state index contributed by atoms with van der Waals surface area (Å²) in [6.07, 6.45) is 1.63. The second kappa shape index (κ2) is 2.74. The average molecular weight is 125 g/mol. The van der Waals surface area contributed by atoms with Crippen molar-refractivity contribution in [1.29, 1.82) is 0 Å². The van der Waals surface area contributed by atoms with Crippen molar-refractivity contribution < 1.29 is 4.65 Å². The van der Waals surface area contributed by atoms with Crippen LogP contribution in [0.4, 0.5) is 0 Å². The Bertz CT molecular complexity index is 94.9. The SMILES string of the molecule is CCC1O[B]C(C)C1C. The molecule has 1 fully saturated rings. The molecular formula is C7H14BO. The molecule has 3 unspecified atom stereocenters. The molecule has 1 aliphatic rings. The van der Waals surface area contributed by atoms with Gasteiger partial charge in [-0.25, -0.2) is 0 Å². The van der Waals surface area contributed by atoms with Gasteiger partial charge in [-0.15, -0.1) is 0 Å². The molecule has 0 saturated carbocycles. The molecule has 1 rings (SSSR count). The molecule has 2 heteroatoms. The summed E-state index contributed by atoms with van der Waals surface area (Å²) in [5.74, 6) is 1.37. The molecule has 0 amide bonds. The first-order valence-corrected chi connectivity index (χ1v) is 3.74. The zero-order chi connectivity index (χ0) is 6.85. The van der Waals surface area contributed by atoms with Gasteiger partial charge in [-0.05, 0) is 18.2 Å². The molecule has 0 spiro atoms. The fraction of sp³-hybridized carbons (Fsp3) is 1.00. The monoisotopic (exact) mass is 125 g/mol. The average Bonchev–Trinajstić information content (AvgIpc) is 2.15. The molecule has 0 bridgehead atoms. The Balaban J connectivity index is 2.41. The van der Waals surface area contributed by atoms with Crippen LogP contribution in [0.1, 0.15) is 27.2 Å². The molecule has 0 aromatic heterocycles. The van der Waals surface area contributed by atoms with E-state index in [-0.39, 0.29) is 0 Å². The first kappa shape index (κ1) is 7.14. The van der Waals surface area contributed by atoms with Gasteiger partial charge in [0.05, 0.1) is 0 Å². The van der Waals surface area contributed by atoms with Crippen LogP contribution in [0.2, 0.25) is 5.82 Å². The molecule has 0 aromatic carbocycles. The third-order valence-electron chi connectivity index (χ3n) is 2.29. The lowest BCUT2D eigenvalue weighted by atomic mass is 9.76. The molecule has 1 aliphatic heterocycles. The van der Waals surface area contributed by atoms with E-state index < -0.39 is 0 Å². The van der Waals surface area contributed by atoms with Gasteiger partial charge in [0.15, 0.2) is 0 Å². The summed E-state index contributed by atoms with van der Waals surface area (Å²) in [7, 11) is 1.97. The van der Waals surface area contributed by atoms with Crippen LogP contribution >= 0.6 is 0 Å². The van der Waals surface area contributed by atoms with E-state index in [1.807, 2.05) is 7.48 Å². The van der Waals surface area contributed by atoms with Gasteiger partial charge in [0, 0.05) is 6.10 Å². The lowest BCUT2D eigenvalue weighted by Crippen LogP contribution is -2.12. The highest BCUT2D eigenvalue weighted by Gasteiger charge is 2.30. The van der Waals surface area contributed by atoms with E-state index in [1.165, 1.54) is 0 Å². The van der Waals surface area contributed by atoms with Crippen LogP contribution in [0, 0.1) is 5.92 Å². The second-order valence-electron chi connectivity index (χ2n) is 2.94. The Morgan fingerprint density at radius 3 is 2.33 bits per heavy atom. The van der Waals surface area contributed by atoms with Crippen LogP contribution in [0.15, 0.2) is 0 Å². The van der Waals surface area contributed by atoms with E-state index in [0.717, 1.165) is 12.3 Å². The Labute approximate surface area is 58.1 Å². The molecule has 0 aliphatic carbocycles. The topological polar surface area (TPSA) is 9.23 Å². The van der Waals surface area contributed by atoms with E-state index in [1.54, 1.807) is 0 Å². The molecular weight excluding hydrogens is 111 g/mol. The molecule has 3 atom stereocenters. The zero-order valence-corrected chi connectivity index (χ0v) is 6.42. The molecule has 1 heterocycles. The minimum Gasteiger partial charge on any atom is -0.437 e. The molecule has 0 aromatic rings. The van der Waals surface area contributed by atoms with Crippen LogP contribution in [0.3, 0.4) is 0 Å². The molecule has 1 nitrogen and oxygen atoms in total. The normalized spacial score (nSPS) is 42.8. The summed E-state index contributed by atoms with van der Waals surface area (Å²) in [4.78, 5) is 0. The number of rotatable bonds is 1. The van der Waals surface area contributed by atoms with Gasteiger partial charge < -0.3 is 4.65 Å². The predicted molar refractivity (Wildman–Crippen MR) is 39.5 cm³/mol.